The summed E-state index contributed by atoms with van der Waals surface area (Å²) in [5.41, 5.74) is 1.56. The topological polar surface area (TPSA) is 137 Å². The number of anilines is 3. The van der Waals surface area contributed by atoms with Crippen molar-refractivity contribution in [3.8, 4) is 11.7 Å². The molecule has 0 spiro atoms. The number of nitrogens with zero attached hydrogens (tertiary/aromatic N) is 7. The Morgan fingerprint density at radius 1 is 1.03 bits per heavy atom. The minimum Gasteiger partial charge on any atom is -0.494 e. The van der Waals surface area contributed by atoms with Crippen LogP contribution in [0.15, 0.2) is 47.9 Å². The fourth-order valence-electron chi connectivity index (χ4n) is 3.64. The van der Waals surface area contributed by atoms with Crippen LogP contribution in [0.3, 0.4) is 0 Å². The highest BCUT2D eigenvalue weighted by atomic mass is 32.2. The van der Waals surface area contributed by atoms with E-state index in [9.17, 15) is 8.42 Å². The molecule has 0 radical (unpaired) electrons. The van der Waals surface area contributed by atoms with Gasteiger partial charge in [0.2, 0.25) is 32.8 Å². The number of ether oxygens (including phenoxy) is 2. The number of hydrogen-bond donors (Lipinski definition) is 1. The van der Waals surface area contributed by atoms with Crippen molar-refractivity contribution in [2.75, 3.05) is 49.9 Å². The first-order chi connectivity index (χ1) is 16.4. The van der Waals surface area contributed by atoms with Gasteiger partial charge in [0, 0.05) is 25.5 Å². The third-order valence-electron chi connectivity index (χ3n) is 5.19. The summed E-state index contributed by atoms with van der Waals surface area (Å²) < 4.78 is 37.7. The summed E-state index contributed by atoms with van der Waals surface area (Å²) in [6.45, 7) is 2.25. The van der Waals surface area contributed by atoms with Crippen LogP contribution >= 0.6 is 0 Å². The number of methoxy groups -OCH3 is 1. The molecular formula is C21H22N8O4S. The smallest absolute Gasteiger partial charge is 0.243 e. The maximum atomic E-state index is 12.7. The number of nitrogens with one attached hydrogen (secondary N) is 1. The Kier molecular flexibility index (Phi) is 5.71. The molecule has 4 aromatic rings. The van der Waals surface area contributed by atoms with Crippen LogP contribution in [0, 0.1) is 0 Å². The van der Waals surface area contributed by atoms with E-state index in [2.05, 4.69) is 30.2 Å². The van der Waals surface area contributed by atoms with Gasteiger partial charge < -0.3 is 19.7 Å². The fourth-order valence-corrected chi connectivity index (χ4v) is 4.41. The summed E-state index contributed by atoms with van der Waals surface area (Å²) in [6.07, 6.45) is 4.39. The first-order valence-electron chi connectivity index (χ1n) is 10.5. The lowest BCUT2D eigenvalue weighted by Gasteiger charge is -2.27. The highest BCUT2D eigenvalue weighted by Gasteiger charge is 2.26. The van der Waals surface area contributed by atoms with Gasteiger partial charge in [-0.1, -0.05) is 6.07 Å². The van der Waals surface area contributed by atoms with E-state index < -0.39 is 9.84 Å². The molecule has 0 atom stereocenters. The summed E-state index contributed by atoms with van der Waals surface area (Å²) in [5, 5.41) is 2.93. The monoisotopic (exact) mass is 482 g/mol. The first-order valence-corrected chi connectivity index (χ1v) is 12.3. The number of morpholine rings is 1. The summed E-state index contributed by atoms with van der Waals surface area (Å²) in [5.74, 6) is 1.18. The van der Waals surface area contributed by atoms with Crippen molar-refractivity contribution in [3.63, 3.8) is 0 Å². The summed E-state index contributed by atoms with van der Waals surface area (Å²) >= 11 is 0. The Morgan fingerprint density at radius 3 is 2.53 bits per heavy atom. The average molecular weight is 483 g/mol. The van der Waals surface area contributed by atoms with E-state index >= 15 is 0 Å². The van der Waals surface area contributed by atoms with Gasteiger partial charge in [-0.15, -0.1) is 0 Å². The summed E-state index contributed by atoms with van der Waals surface area (Å²) in [6, 6.07) is 8.82. The number of benzene rings is 1. The number of para-hydroxylation sites is 1. The Labute approximate surface area is 195 Å². The highest BCUT2D eigenvalue weighted by Crippen LogP contribution is 2.30. The molecule has 1 aliphatic rings. The van der Waals surface area contributed by atoms with Crippen LogP contribution in [0.4, 0.5) is 17.6 Å². The van der Waals surface area contributed by atoms with Crippen LogP contribution in [0.1, 0.15) is 0 Å². The number of imidazole rings is 1. The van der Waals surface area contributed by atoms with Crippen LogP contribution in [0.5, 0.6) is 5.75 Å². The van der Waals surface area contributed by atoms with Gasteiger partial charge in [0.1, 0.15) is 11.3 Å². The second-order valence-electron chi connectivity index (χ2n) is 7.56. The lowest BCUT2D eigenvalue weighted by atomic mass is 10.3. The van der Waals surface area contributed by atoms with Gasteiger partial charge in [-0.3, -0.25) is 9.55 Å². The zero-order valence-electron chi connectivity index (χ0n) is 18.5. The molecule has 1 aromatic carbocycles. The molecule has 0 unspecified atom stereocenters. The van der Waals surface area contributed by atoms with Crippen molar-refractivity contribution in [1.29, 1.82) is 0 Å². The van der Waals surface area contributed by atoms with Crippen molar-refractivity contribution in [2.45, 2.75) is 5.16 Å². The number of fused-ring (bicyclic) bond motifs is 1. The normalized spacial score (nSPS) is 14.4. The molecule has 4 heterocycles. The number of hydrogen-bond acceptors (Lipinski definition) is 11. The Bertz CT molecular complexity index is 1440. The highest BCUT2D eigenvalue weighted by molar-refractivity contribution is 7.90. The van der Waals surface area contributed by atoms with E-state index in [1.165, 1.54) is 11.7 Å². The van der Waals surface area contributed by atoms with E-state index in [1.807, 2.05) is 11.0 Å². The van der Waals surface area contributed by atoms with E-state index in [0.717, 1.165) is 6.26 Å². The lowest BCUT2D eigenvalue weighted by molar-refractivity contribution is 0.122. The molecule has 0 aliphatic carbocycles. The van der Waals surface area contributed by atoms with E-state index in [4.69, 9.17) is 9.47 Å². The second kappa shape index (κ2) is 8.83. The minimum absolute atomic E-state index is 0.110. The van der Waals surface area contributed by atoms with Crippen LogP contribution in [0.2, 0.25) is 0 Å². The average Bonchev–Trinajstić information content (AvgIpc) is 3.26. The SMILES string of the molecule is COc1cccc2c1nc(S(C)(=O)=O)n2-c1nc(Nc2cccnc2)nc(N2CCOCC2)n1. The molecule has 1 fully saturated rings. The van der Waals surface area contributed by atoms with Crippen molar-refractivity contribution >= 4 is 38.5 Å². The summed E-state index contributed by atoms with van der Waals surface area (Å²) in [7, 11) is -2.24. The van der Waals surface area contributed by atoms with Crippen LogP contribution < -0.4 is 15.0 Å². The predicted molar refractivity (Wildman–Crippen MR) is 125 cm³/mol. The number of sulfone groups is 1. The standard InChI is InChI=1S/C21H22N8O4S/c1-32-16-7-3-6-15-17(16)24-21(34(2,30)31)29(15)20-26-18(23-14-5-4-8-22-13-14)25-19(27-20)28-9-11-33-12-10-28/h3-8,13H,9-12H2,1-2H3,(H,23,25,26,27). The van der Waals surface area contributed by atoms with E-state index in [0.29, 0.717) is 54.7 Å². The first kappa shape index (κ1) is 22.0. The maximum absolute atomic E-state index is 12.7. The van der Waals surface area contributed by atoms with Crippen molar-refractivity contribution in [3.05, 3.63) is 42.7 Å². The Balaban J connectivity index is 1.73. The van der Waals surface area contributed by atoms with Gasteiger partial charge in [-0.05, 0) is 24.3 Å². The predicted octanol–water partition coefficient (Wildman–Crippen LogP) is 1.60. The molecular weight excluding hydrogens is 460 g/mol. The van der Waals surface area contributed by atoms with E-state index in [1.54, 1.807) is 36.7 Å². The van der Waals surface area contributed by atoms with Crippen LogP contribution in [-0.2, 0) is 14.6 Å². The third-order valence-corrected chi connectivity index (χ3v) is 6.13. The maximum Gasteiger partial charge on any atom is 0.243 e. The molecule has 1 N–H and O–H groups in total. The molecule has 0 amide bonds. The number of aromatic nitrogens is 6. The fraction of sp³-hybridized carbons (Fsp3) is 0.286. The molecule has 34 heavy (non-hydrogen) atoms. The second-order valence-corrected chi connectivity index (χ2v) is 9.46. The quantitative estimate of drug-likeness (QED) is 0.429. The van der Waals surface area contributed by atoms with Crippen molar-refractivity contribution in [2.24, 2.45) is 0 Å². The number of rotatable bonds is 6. The number of pyridine rings is 1. The molecule has 3 aromatic heterocycles. The summed E-state index contributed by atoms with van der Waals surface area (Å²) in [4.78, 5) is 24.2. The molecule has 13 heteroatoms. The molecule has 12 nitrogen and oxygen atoms in total. The van der Waals surface area contributed by atoms with Gasteiger partial charge in [-0.25, -0.2) is 13.4 Å². The van der Waals surface area contributed by atoms with E-state index in [-0.39, 0.29) is 17.1 Å². The minimum atomic E-state index is -3.75. The molecule has 1 saturated heterocycles. The van der Waals surface area contributed by atoms with Gasteiger partial charge in [0.15, 0.2) is 0 Å². The molecule has 5 rings (SSSR count). The van der Waals surface area contributed by atoms with Gasteiger partial charge >= 0.3 is 0 Å². The largest absolute Gasteiger partial charge is 0.494 e. The molecule has 0 bridgehead atoms. The van der Waals surface area contributed by atoms with Gasteiger partial charge in [-0.2, -0.15) is 15.0 Å². The van der Waals surface area contributed by atoms with Crippen molar-refractivity contribution < 1.29 is 17.9 Å². The zero-order chi connectivity index (χ0) is 23.7. The van der Waals surface area contributed by atoms with Crippen LogP contribution in [0.25, 0.3) is 17.0 Å². The van der Waals surface area contributed by atoms with Gasteiger partial charge in [0.25, 0.3) is 0 Å². The molecule has 0 saturated carbocycles. The molecule has 1 aliphatic heterocycles. The van der Waals surface area contributed by atoms with Gasteiger partial charge in [0.05, 0.1) is 37.7 Å². The van der Waals surface area contributed by atoms with Crippen LogP contribution in [-0.4, -0.2) is 77.6 Å². The zero-order valence-corrected chi connectivity index (χ0v) is 19.4. The third kappa shape index (κ3) is 4.22. The van der Waals surface area contributed by atoms with Crippen molar-refractivity contribution in [1.82, 2.24) is 29.5 Å². The Morgan fingerprint density at radius 2 is 1.82 bits per heavy atom. The molecule has 176 valence electrons. The lowest BCUT2D eigenvalue weighted by Crippen LogP contribution is -2.37. The Hall–Kier alpha value is -3.84.